The molecule has 1 unspecified atom stereocenters. The van der Waals surface area contributed by atoms with Crippen LogP contribution in [-0.4, -0.2) is 35.3 Å². The van der Waals surface area contributed by atoms with Gasteiger partial charge in [-0.15, -0.1) is 5.10 Å². The molecule has 0 aliphatic heterocycles. The molecule has 2 rings (SSSR count). The zero-order valence-electron chi connectivity index (χ0n) is 12.1. The molecule has 5 nitrogen and oxygen atoms in total. The average Bonchev–Trinajstić information content (AvgIpc) is 2.97. The van der Waals surface area contributed by atoms with Crippen LogP contribution >= 0.6 is 0 Å². The monoisotopic (exact) mass is 274 g/mol. The third kappa shape index (κ3) is 3.65. The van der Waals surface area contributed by atoms with Gasteiger partial charge in [-0.25, -0.2) is 4.68 Å². The van der Waals surface area contributed by atoms with Gasteiger partial charge < -0.3 is 10.1 Å². The zero-order valence-corrected chi connectivity index (χ0v) is 12.1. The van der Waals surface area contributed by atoms with Crippen molar-refractivity contribution < 1.29 is 4.74 Å². The maximum absolute atomic E-state index is 5.14. The van der Waals surface area contributed by atoms with Crippen molar-refractivity contribution in [3.8, 4) is 5.69 Å². The summed E-state index contributed by atoms with van der Waals surface area (Å²) in [4.78, 5) is 0. The molecular weight excluding hydrogens is 252 g/mol. The minimum absolute atomic E-state index is 0.241. The van der Waals surface area contributed by atoms with Crippen molar-refractivity contribution in [2.75, 3.05) is 20.3 Å². The Morgan fingerprint density at radius 3 is 2.80 bits per heavy atom. The van der Waals surface area contributed by atoms with Gasteiger partial charge in [-0.05, 0) is 31.5 Å². The van der Waals surface area contributed by atoms with Gasteiger partial charge in [-0.1, -0.05) is 30.3 Å². The van der Waals surface area contributed by atoms with Gasteiger partial charge in [0.2, 0.25) is 0 Å². The predicted molar refractivity (Wildman–Crippen MR) is 78.9 cm³/mol. The van der Waals surface area contributed by atoms with Crippen molar-refractivity contribution in [1.29, 1.82) is 0 Å². The van der Waals surface area contributed by atoms with Crippen LogP contribution in [0.5, 0.6) is 0 Å². The predicted octanol–water partition coefficient (Wildman–Crippen LogP) is 2.34. The Morgan fingerprint density at radius 1 is 1.30 bits per heavy atom. The van der Waals surface area contributed by atoms with Crippen molar-refractivity contribution in [2.45, 2.75) is 25.8 Å². The topological polar surface area (TPSA) is 52.0 Å². The Morgan fingerprint density at radius 2 is 2.10 bits per heavy atom. The molecule has 0 amide bonds. The van der Waals surface area contributed by atoms with E-state index in [1.54, 1.807) is 7.11 Å². The van der Waals surface area contributed by atoms with E-state index in [4.69, 9.17) is 4.74 Å². The van der Waals surface area contributed by atoms with Crippen molar-refractivity contribution in [2.24, 2.45) is 0 Å². The van der Waals surface area contributed by atoms with Crippen LogP contribution in [0, 0.1) is 0 Å². The van der Waals surface area contributed by atoms with Gasteiger partial charge in [0.1, 0.15) is 0 Å². The largest absolute Gasteiger partial charge is 0.385 e. The standard InChI is InChI=1S/C15H22N4O/c1-3-16-14(10-7-11-20-2)15-12-17-18-19(15)13-8-5-4-6-9-13/h4-6,8-9,12,14,16H,3,7,10-11H2,1-2H3. The number of nitrogens with zero attached hydrogens (tertiary/aromatic N) is 3. The molecule has 0 aliphatic carbocycles. The summed E-state index contributed by atoms with van der Waals surface area (Å²) in [5.41, 5.74) is 2.13. The quantitative estimate of drug-likeness (QED) is 0.751. The van der Waals surface area contributed by atoms with E-state index >= 15 is 0 Å². The summed E-state index contributed by atoms with van der Waals surface area (Å²) in [5.74, 6) is 0. The fourth-order valence-electron chi connectivity index (χ4n) is 2.28. The maximum Gasteiger partial charge on any atom is 0.0815 e. The van der Waals surface area contributed by atoms with Gasteiger partial charge in [-0.2, -0.15) is 0 Å². The summed E-state index contributed by atoms with van der Waals surface area (Å²) in [6.45, 7) is 3.80. The molecule has 0 saturated carbocycles. The highest BCUT2D eigenvalue weighted by Crippen LogP contribution is 2.20. The SMILES string of the molecule is CCNC(CCCOC)c1cnnn1-c1ccccc1. The Balaban J connectivity index is 2.19. The molecular formula is C15H22N4O. The summed E-state index contributed by atoms with van der Waals surface area (Å²) in [5, 5.41) is 11.8. The summed E-state index contributed by atoms with van der Waals surface area (Å²) in [7, 11) is 1.73. The first-order chi connectivity index (χ1) is 9.86. The average molecular weight is 274 g/mol. The first-order valence-electron chi connectivity index (χ1n) is 7.05. The van der Waals surface area contributed by atoms with E-state index in [1.807, 2.05) is 41.2 Å². The minimum atomic E-state index is 0.241. The Labute approximate surface area is 120 Å². The van der Waals surface area contributed by atoms with Crippen LogP contribution < -0.4 is 5.32 Å². The first-order valence-corrected chi connectivity index (χ1v) is 7.05. The number of para-hydroxylation sites is 1. The summed E-state index contributed by atoms with van der Waals surface area (Å²) in [6.07, 6.45) is 3.85. The number of hydrogen-bond acceptors (Lipinski definition) is 4. The third-order valence-electron chi connectivity index (χ3n) is 3.23. The van der Waals surface area contributed by atoms with Gasteiger partial charge in [0.25, 0.3) is 0 Å². The second-order valence-electron chi connectivity index (χ2n) is 4.65. The van der Waals surface area contributed by atoms with Crippen molar-refractivity contribution >= 4 is 0 Å². The number of rotatable bonds is 8. The minimum Gasteiger partial charge on any atom is -0.385 e. The molecule has 1 aromatic heterocycles. The van der Waals surface area contributed by atoms with Crippen molar-refractivity contribution in [1.82, 2.24) is 20.3 Å². The summed E-state index contributed by atoms with van der Waals surface area (Å²) < 4.78 is 7.04. The molecule has 1 heterocycles. The van der Waals surface area contributed by atoms with Crippen LogP contribution in [0.2, 0.25) is 0 Å². The second-order valence-corrected chi connectivity index (χ2v) is 4.65. The van der Waals surface area contributed by atoms with E-state index in [1.165, 1.54) is 0 Å². The molecule has 108 valence electrons. The lowest BCUT2D eigenvalue weighted by Crippen LogP contribution is -2.24. The van der Waals surface area contributed by atoms with Gasteiger partial charge >= 0.3 is 0 Å². The van der Waals surface area contributed by atoms with Crippen LogP contribution in [0.1, 0.15) is 31.5 Å². The highest BCUT2D eigenvalue weighted by atomic mass is 16.5. The maximum atomic E-state index is 5.14. The van der Waals surface area contributed by atoms with Gasteiger partial charge in [0.05, 0.1) is 23.6 Å². The van der Waals surface area contributed by atoms with Crippen LogP contribution in [-0.2, 0) is 4.74 Å². The third-order valence-corrected chi connectivity index (χ3v) is 3.23. The highest BCUT2D eigenvalue weighted by molar-refractivity contribution is 5.32. The molecule has 0 aliphatic rings. The van der Waals surface area contributed by atoms with Crippen LogP contribution in [0.3, 0.4) is 0 Å². The van der Waals surface area contributed by atoms with Crippen LogP contribution in [0.15, 0.2) is 36.5 Å². The fourth-order valence-corrected chi connectivity index (χ4v) is 2.28. The van der Waals surface area contributed by atoms with Gasteiger partial charge in [-0.3, -0.25) is 0 Å². The molecule has 0 spiro atoms. The number of ether oxygens (including phenoxy) is 1. The normalized spacial score (nSPS) is 12.5. The van der Waals surface area contributed by atoms with Gasteiger partial charge in [0, 0.05) is 13.7 Å². The lowest BCUT2D eigenvalue weighted by Gasteiger charge is -2.18. The number of benzene rings is 1. The smallest absolute Gasteiger partial charge is 0.0815 e. The Kier molecular flexibility index (Phi) is 5.70. The van der Waals surface area contributed by atoms with Crippen molar-refractivity contribution in [3.63, 3.8) is 0 Å². The fraction of sp³-hybridized carbons (Fsp3) is 0.467. The summed E-state index contributed by atoms with van der Waals surface area (Å²) in [6, 6.07) is 10.3. The van der Waals surface area contributed by atoms with Gasteiger partial charge in [0.15, 0.2) is 0 Å². The molecule has 0 bridgehead atoms. The van der Waals surface area contributed by atoms with E-state index in [9.17, 15) is 0 Å². The van der Waals surface area contributed by atoms with Crippen molar-refractivity contribution in [3.05, 3.63) is 42.2 Å². The molecule has 1 N–H and O–H groups in total. The molecule has 0 fully saturated rings. The van der Waals surface area contributed by atoms with E-state index < -0.39 is 0 Å². The zero-order chi connectivity index (χ0) is 14.2. The van der Waals surface area contributed by atoms with Crippen LogP contribution in [0.25, 0.3) is 5.69 Å². The number of nitrogens with one attached hydrogen (secondary N) is 1. The molecule has 1 aromatic carbocycles. The molecule has 2 aromatic rings. The molecule has 0 saturated heterocycles. The second kappa shape index (κ2) is 7.77. The molecule has 5 heteroatoms. The number of aromatic nitrogens is 3. The number of methoxy groups -OCH3 is 1. The van der Waals surface area contributed by atoms with E-state index in [0.29, 0.717) is 0 Å². The summed E-state index contributed by atoms with van der Waals surface area (Å²) >= 11 is 0. The highest BCUT2D eigenvalue weighted by Gasteiger charge is 2.16. The van der Waals surface area contributed by atoms with Crippen LogP contribution in [0.4, 0.5) is 0 Å². The lowest BCUT2D eigenvalue weighted by atomic mass is 10.1. The molecule has 20 heavy (non-hydrogen) atoms. The first kappa shape index (κ1) is 14.7. The van der Waals surface area contributed by atoms with E-state index in [-0.39, 0.29) is 6.04 Å². The lowest BCUT2D eigenvalue weighted by molar-refractivity contribution is 0.188. The molecule has 0 radical (unpaired) electrons. The Bertz CT molecular complexity index is 498. The molecule has 1 atom stereocenters. The Hall–Kier alpha value is -1.72. The number of hydrogen-bond donors (Lipinski definition) is 1. The van der Waals surface area contributed by atoms with E-state index in [0.717, 1.165) is 37.4 Å². The van der Waals surface area contributed by atoms with E-state index in [2.05, 4.69) is 22.6 Å².